The van der Waals surface area contributed by atoms with E-state index in [9.17, 15) is 4.39 Å². The second kappa shape index (κ2) is 8.07. The Labute approximate surface area is 95.6 Å². The topological polar surface area (TPSA) is 30.5 Å². The lowest BCUT2D eigenvalue weighted by Gasteiger charge is -2.07. The molecule has 0 aliphatic rings. The van der Waals surface area contributed by atoms with Crippen molar-refractivity contribution in [3.8, 4) is 5.75 Å². The van der Waals surface area contributed by atoms with Crippen molar-refractivity contribution >= 4 is 0 Å². The van der Waals surface area contributed by atoms with Crippen molar-refractivity contribution < 1.29 is 13.9 Å². The van der Waals surface area contributed by atoms with Crippen LogP contribution in [0.25, 0.3) is 0 Å². The Morgan fingerprint density at radius 3 is 2.88 bits per heavy atom. The molecule has 0 fully saturated rings. The van der Waals surface area contributed by atoms with Crippen molar-refractivity contribution in [1.82, 2.24) is 5.32 Å². The minimum absolute atomic E-state index is 0.273. The fourth-order valence-corrected chi connectivity index (χ4v) is 1.26. The Morgan fingerprint density at radius 1 is 1.25 bits per heavy atom. The quantitative estimate of drug-likeness (QED) is 0.687. The number of methoxy groups -OCH3 is 1. The largest absolute Gasteiger partial charge is 0.492 e. The Bertz CT molecular complexity index is 294. The number of ether oxygens (including phenoxy) is 2. The first-order valence-corrected chi connectivity index (χ1v) is 5.41. The van der Waals surface area contributed by atoms with Crippen LogP contribution in [0.15, 0.2) is 24.3 Å². The molecule has 90 valence electrons. The first kappa shape index (κ1) is 12.9. The highest BCUT2D eigenvalue weighted by atomic mass is 19.1. The third-order valence-electron chi connectivity index (χ3n) is 2.05. The van der Waals surface area contributed by atoms with Gasteiger partial charge in [0, 0.05) is 26.3 Å². The maximum Gasteiger partial charge on any atom is 0.126 e. The molecule has 0 saturated carbocycles. The van der Waals surface area contributed by atoms with E-state index in [0.29, 0.717) is 12.4 Å². The van der Waals surface area contributed by atoms with E-state index in [2.05, 4.69) is 5.32 Å². The van der Waals surface area contributed by atoms with E-state index >= 15 is 0 Å². The second-order valence-electron chi connectivity index (χ2n) is 3.40. The summed E-state index contributed by atoms with van der Waals surface area (Å²) in [6.07, 6.45) is 0.983. The standard InChI is InChI=1S/C12H18FNO2/c1-15-8-3-6-14-7-9-16-12-5-2-4-11(13)10-12/h2,4-5,10,14H,3,6-9H2,1H3. The van der Waals surface area contributed by atoms with Gasteiger partial charge in [-0.1, -0.05) is 6.07 Å². The number of hydrogen-bond donors (Lipinski definition) is 1. The van der Waals surface area contributed by atoms with Gasteiger partial charge in [0.25, 0.3) is 0 Å². The number of halogens is 1. The van der Waals surface area contributed by atoms with Crippen molar-refractivity contribution in [3.63, 3.8) is 0 Å². The molecule has 1 aromatic carbocycles. The fourth-order valence-electron chi connectivity index (χ4n) is 1.26. The minimum Gasteiger partial charge on any atom is -0.492 e. The normalized spacial score (nSPS) is 10.4. The van der Waals surface area contributed by atoms with E-state index in [1.807, 2.05) is 0 Å². The van der Waals surface area contributed by atoms with Gasteiger partial charge in [0.05, 0.1) is 0 Å². The molecule has 0 atom stereocenters. The summed E-state index contributed by atoms with van der Waals surface area (Å²) in [6, 6.07) is 6.16. The maximum atomic E-state index is 12.8. The highest BCUT2D eigenvalue weighted by Crippen LogP contribution is 2.11. The predicted octanol–water partition coefficient (Wildman–Crippen LogP) is 1.83. The van der Waals surface area contributed by atoms with Crippen LogP contribution in [0.3, 0.4) is 0 Å². The van der Waals surface area contributed by atoms with Gasteiger partial charge in [0.15, 0.2) is 0 Å². The molecule has 0 aliphatic heterocycles. The SMILES string of the molecule is COCCCNCCOc1cccc(F)c1. The molecular weight excluding hydrogens is 209 g/mol. The van der Waals surface area contributed by atoms with Crippen LogP contribution in [0.5, 0.6) is 5.75 Å². The van der Waals surface area contributed by atoms with Gasteiger partial charge in [-0.05, 0) is 25.1 Å². The van der Waals surface area contributed by atoms with Crippen LogP contribution in [-0.2, 0) is 4.74 Å². The van der Waals surface area contributed by atoms with Crippen LogP contribution in [0.4, 0.5) is 4.39 Å². The summed E-state index contributed by atoms with van der Waals surface area (Å²) in [4.78, 5) is 0. The van der Waals surface area contributed by atoms with Crippen molar-refractivity contribution in [2.24, 2.45) is 0 Å². The zero-order valence-corrected chi connectivity index (χ0v) is 9.54. The van der Waals surface area contributed by atoms with E-state index in [1.54, 1.807) is 19.2 Å². The van der Waals surface area contributed by atoms with Gasteiger partial charge >= 0.3 is 0 Å². The van der Waals surface area contributed by atoms with Gasteiger partial charge in [-0.15, -0.1) is 0 Å². The molecule has 0 heterocycles. The summed E-state index contributed by atoms with van der Waals surface area (Å²) in [7, 11) is 1.69. The predicted molar refractivity (Wildman–Crippen MR) is 61.3 cm³/mol. The van der Waals surface area contributed by atoms with Gasteiger partial charge in [-0.3, -0.25) is 0 Å². The van der Waals surface area contributed by atoms with Gasteiger partial charge in [-0.25, -0.2) is 4.39 Å². The number of nitrogens with one attached hydrogen (secondary N) is 1. The molecule has 0 spiro atoms. The van der Waals surface area contributed by atoms with E-state index in [-0.39, 0.29) is 5.82 Å². The summed E-state index contributed by atoms with van der Waals surface area (Å²) in [6.45, 7) is 2.95. The summed E-state index contributed by atoms with van der Waals surface area (Å²) in [5.41, 5.74) is 0. The molecular formula is C12H18FNO2. The van der Waals surface area contributed by atoms with E-state index < -0.39 is 0 Å². The number of benzene rings is 1. The van der Waals surface area contributed by atoms with Crippen LogP contribution in [0, 0.1) is 5.82 Å². The van der Waals surface area contributed by atoms with E-state index in [1.165, 1.54) is 12.1 Å². The summed E-state index contributed by atoms with van der Waals surface area (Å²) in [5.74, 6) is 0.296. The van der Waals surface area contributed by atoms with Gasteiger partial charge in [0.2, 0.25) is 0 Å². The zero-order valence-electron chi connectivity index (χ0n) is 9.54. The van der Waals surface area contributed by atoms with Crippen molar-refractivity contribution in [3.05, 3.63) is 30.1 Å². The molecule has 1 rings (SSSR count). The van der Waals surface area contributed by atoms with Gasteiger partial charge < -0.3 is 14.8 Å². The van der Waals surface area contributed by atoms with Gasteiger partial charge in [-0.2, -0.15) is 0 Å². The lowest BCUT2D eigenvalue weighted by atomic mass is 10.3. The van der Waals surface area contributed by atoms with Gasteiger partial charge in [0.1, 0.15) is 18.2 Å². The first-order chi connectivity index (χ1) is 7.83. The summed E-state index contributed by atoms with van der Waals surface area (Å²) in [5, 5.41) is 3.21. The van der Waals surface area contributed by atoms with Crippen LogP contribution in [0.2, 0.25) is 0 Å². The Balaban J connectivity index is 2.03. The van der Waals surface area contributed by atoms with Crippen molar-refractivity contribution in [1.29, 1.82) is 0 Å². The smallest absolute Gasteiger partial charge is 0.126 e. The molecule has 0 amide bonds. The molecule has 1 N–H and O–H groups in total. The maximum absolute atomic E-state index is 12.8. The van der Waals surface area contributed by atoms with Crippen LogP contribution in [-0.4, -0.2) is 33.4 Å². The lowest BCUT2D eigenvalue weighted by molar-refractivity contribution is 0.193. The van der Waals surface area contributed by atoms with Crippen molar-refractivity contribution in [2.45, 2.75) is 6.42 Å². The Morgan fingerprint density at radius 2 is 2.12 bits per heavy atom. The van der Waals surface area contributed by atoms with E-state index in [0.717, 1.165) is 26.1 Å². The lowest BCUT2D eigenvalue weighted by Crippen LogP contribution is -2.22. The highest BCUT2D eigenvalue weighted by Gasteiger charge is 1.95. The molecule has 16 heavy (non-hydrogen) atoms. The molecule has 0 radical (unpaired) electrons. The average molecular weight is 227 g/mol. The number of rotatable bonds is 8. The van der Waals surface area contributed by atoms with Crippen LogP contribution >= 0.6 is 0 Å². The third-order valence-corrected chi connectivity index (χ3v) is 2.05. The highest BCUT2D eigenvalue weighted by molar-refractivity contribution is 5.22. The second-order valence-corrected chi connectivity index (χ2v) is 3.40. The summed E-state index contributed by atoms with van der Waals surface area (Å²) < 4.78 is 23.0. The van der Waals surface area contributed by atoms with E-state index in [4.69, 9.17) is 9.47 Å². The number of hydrogen-bond acceptors (Lipinski definition) is 3. The molecule has 0 bridgehead atoms. The summed E-state index contributed by atoms with van der Waals surface area (Å²) >= 11 is 0. The molecule has 0 unspecified atom stereocenters. The van der Waals surface area contributed by atoms with Crippen LogP contribution in [0.1, 0.15) is 6.42 Å². The molecule has 0 aliphatic carbocycles. The minimum atomic E-state index is -0.273. The molecule has 4 heteroatoms. The monoisotopic (exact) mass is 227 g/mol. The van der Waals surface area contributed by atoms with Crippen molar-refractivity contribution in [2.75, 3.05) is 33.4 Å². The molecule has 0 saturated heterocycles. The zero-order chi connectivity index (χ0) is 11.6. The Hall–Kier alpha value is -1.13. The Kier molecular flexibility index (Phi) is 6.53. The third kappa shape index (κ3) is 5.68. The fraction of sp³-hybridized carbons (Fsp3) is 0.500. The average Bonchev–Trinajstić information content (AvgIpc) is 2.28. The first-order valence-electron chi connectivity index (χ1n) is 5.41. The molecule has 3 nitrogen and oxygen atoms in total. The molecule has 1 aromatic rings. The molecule has 0 aromatic heterocycles. The van der Waals surface area contributed by atoms with Crippen LogP contribution < -0.4 is 10.1 Å².